The summed E-state index contributed by atoms with van der Waals surface area (Å²) in [4.78, 5) is 0. The average Bonchev–Trinajstić information content (AvgIpc) is 2.97. The molecule has 4 nitrogen and oxygen atoms in total. The van der Waals surface area contributed by atoms with Gasteiger partial charge in [-0.3, -0.25) is 0 Å². The van der Waals surface area contributed by atoms with E-state index >= 15 is 0 Å². The fourth-order valence-electron chi connectivity index (χ4n) is 1.70. The highest BCUT2D eigenvalue weighted by Crippen LogP contribution is 2.24. The van der Waals surface area contributed by atoms with Crippen molar-refractivity contribution in [3.05, 3.63) is 65.7 Å². The molecule has 0 aliphatic heterocycles. The lowest BCUT2D eigenvalue weighted by Crippen LogP contribution is -1.90. The van der Waals surface area contributed by atoms with E-state index in [1.165, 1.54) is 36.0 Å². The van der Waals surface area contributed by atoms with Crippen molar-refractivity contribution in [3.8, 4) is 0 Å². The number of nitrogens with one attached hydrogen (secondary N) is 1. The molecule has 0 spiro atoms. The third kappa shape index (κ3) is 3.82. The van der Waals surface area contributed by atoms with Crippen LogP contribution in [0.4, 0.5) is 20.5 Å². The predicted molar refractivity (Wildman–Crippen MR) is 79.9 cm³/mol. The Bertz CT molecular complexity index is 744. The number of rotatable bonds is 5. The molecule has 0 radical (unpaired) electrons. The molecule has 0 aliphatic carbocycles. The summed E-state index contributed by atoms with van der Waals surface area (Å²) in [5.41, 5.74) is 1.61. The molecule has 2 aromatic carbocycles. The number of aromatic nitrogens is 2. The van der Waals surface area contributed by atoms with Crippen molar-refractivity contribution in [2.24, 2.45) is 0 Å². The molecular weight excluding hydrogens is 308 g/mol. The Hall–Kier alpha value is -2.41. The van der Waals surface area contributed by atoms with Gasteiger partial charge in [-0.05, 0) is 42.0 Å². The van der Waals surface area contributed by atoms with Gasteiger partial charge in [-0.25, -0.2) is 8.78 Å². The molecule has 112 valence electrons. The largest absolute Gasteiger partial charge is 0.398 e. The van der Waals surface area contributed by atoms with Crippen LogP contribution in [0.3, 0.4) is 0 Å². The molecule has 0 fully saturated rings. The second kappa shape index (κ2) is 6.57. The highest BCUT2D eigenvalue weighted by Gasteiger charge is 2.07. The summed E-state index contributed by atoms with van der Waals surface area (Å²) in [5.74, 6) is 0.0160. The zero-order chi connectivity index (χ0) is 15.4. The van der Waals surface area contributed by atoms with Gasteiger partial charge in [0.15, 0.2) is 0 Å². The first-order valence-electron chi connectivity index (χ1n) is 6.42. The van der Waals surface area contributed by atoms with Crippen molar-refractivity contribution in [2.45, 2.75) is 11.0 Å². The van der Waals surface area contributed by atoms with Crippen LogP contribution in [0.25, 0.3) is 0 Å². The van der Waals surface area contributed by atoms with Crippen molar-refractivity contribution < 1.29 is 13.2 Å². The van der Waals surface area contributed by atoms with Crippen molar-refractivity contribution >= 4 is 23.5 Å². The molecule has 1 aromatic heterocycles. The zero-order valence-corrected chi connectivity index (χ0v) is 12.1. The smallest absolute Gasteiger partial charge is 0.320 e. The minimum atomic E-state index is -0.313. The summed E-state index contributed by atoms with van der Waals surface area (Å²) in [5, 5.41) is 11.0. The van der Waals surface area contributed by atoms with E-state index in [1.54, 1.807) is 24.3 Å². The molecule has 0 atom stereocenters. The van der Waals surface area contributed by atoms with E-state index in [2.05, 4.69) is 15.5 Å². The molecule has 0 unspecified atom stereocenters. The van der Waals surface area contributed by atoms with Crippen LogP contribution in [0.15, 0.2) is 58.2 Å². The van der Waals surface area contributed by atoms with Crippen LogP contribution >= 0.6 is 11.8 Å². The van der Waals surface area contributed by atoms with E-state index in [0.717, 1.165) is 5.56 Å². The fourth-order valence-corrected chi connectivity index (χ4v) is 2.42. The number of thioether (sulfide) groups is 1. The van der Waals surface area contributed by atoms with Crippen LogP contribution in [0.5, 0.6) is 0 Å². The SMILES string of the molecule is Fc1ccc(CSc2nnc(Nc3ccc(F)cc3)o2)cc1. The standard InChI is InChI=1S/C15H11F2N3OS/c16-11-3-1-10(2-4-11)9-22-15-20-19-14(21-15)18-13-7-5-12(17)6-8-13/h1-8H,9H2,(H,18,19). The van der Waals surface area contributed by atoms with E-state index in [4.69, 9.17) is 4.42 Å². The summed E-state index contributed by atoms with van der Waals surface area (Å²) in [6.45, 7) is 0. The first-order valence-corrected chi connectivity index (χ1v) is 7.41. The minimum Gasteiger partial charge on any atom is -0.398 e. The van der Waals surface area contributed by atoms with E-state index in [9.17, 15) is 8.78 Å². The van der Waals surface area contributed by atoms with E-state index in [1.807, 2.05) is 0 Å². The first-order chi connectivity index (χ1) is 10.7. The summed E-state index contributed by atoms with van der Waals surface area (Å²) in [6.07, 6.45) is 0. The van der Waals surface area contributed by atoms with Gasteiger partial charge in [0.25, 0.3) is 5.22 Å². The summed E-state index contributed by atoms with van der Waals surface area (Å²) < 4.78 is 31.0. The van der Waals surface area contributed by atoms with Gasteiger partial charge >= 0.3 is 6.01 Å². The Morgan fingerprint density at radius 3 is 2.23 bits per heavy atom. The highest BCUT2D eigenvalue weighted by atomic mass is 32.2. The van der Waals surface area contributed by atoms with Gasteiger partial charge < -0.3 is 9.73 Å². The predicted octanol–water partition coefficient (Wildman–Crippen LogP) is 4.38. The Morgan fingerprint density at radius 1 is 0.909 bits per heavy atom. The van der Waals surface area contributed by atoms with Gasteiger partial charge in [-0.1, -0.05) is 34.1 Å². The lowest BCUT2D eigenvalue weighted by Gasteiger charge is -2.00. The zero-order valence-electron chi connectivity index (χ0n) is 11.3. The van der Waals surface area contributed by atoms with Crippen LogP contribution in [0, 0.1) is 11.6 Å². The lowest BCUT2D eigenvalue weighted by molar-refractivity contribution is 0.468. The third-order valence-corrected chi connectivity index (χ3v) is 3.67. The van der Waals surface area contributed by atoms with E-state index in [0.29, 0.717) is 16.7 Å². The van der Waals surface area contributed by atoms with E-state index in [-0.39, 0.29) is 17.6 Å². The molecule has 3 rings (SSSR count). The Balaban J connectivity index is 1.59. The molecule has 1 N–H and O–H groups in total. The number of nitrogens with zero attached hydrogens (tertiary/aromatic N) is 2. The molecule has 7 heteroatoms. The minimum absolute atomic E-state index is 0.230. The Morgan fingerprint density at radius 2 is 1.55 bits per heavy atom. The maximum Gasteiger partial charge on any atom is 0.320 e. The summed E-state index contributed by atoms with van der Waals surface area (Å²) in [7, 11) is 0. The quantitative estimate of drug-likeness (QED) is 0.707. The molecule has 1 heterocycles. The van der Waals surface area contributed by atoms with Crippen LogP contribution in [0.1, 0.15) is 5.56 Å². The number of benzene rings is 2. The third-order valence-electron chi connectivity index (χ3n) is 2.78. The van der Waals surface area contributed by atoms with Crippen molar-refractivity contribution in [1.82, 2.24) is 10.2 Å². The molecule has 0 saturated carbocycles. The number of halogens is 2. The van der Waals surface area contributed by atoms with E-state index < -0.39 is 0 Å². The molecular formula is C15H11F2N3OS. The van der Waals surface area contributed by atoms with Crippen molar-refractivity contribution in [3.63, 3.8) is 0 Å². The molecule has 0 aliphatic rings. The first kappa shape index (κ1) is 14.5. The van der Waals surface area contributed by atoms with Crippen molar-refractivity contribution in [2.75, 3.05) is 5.32 Å². The topological polar surface area (TPSA) is 51.0 Å². The molecule has 0 saturated heterocycles. The monoisotopic (exact) mass is 319 g/mol. The molecule has 3 aromatic rings. The molecule has 0 amide bonds. The Kier molecular flexibility index (Phi) is 4.34. The van der Waals surface area contributed by atoms with Crippen LogP contribution in [0.2, 0.25) is 0 Å². The van der Waals surface area contributed by atoms with Crippen molar-refractivity contribution in [1.29, 1.82) is 0 Å². The fraction of sp³-hybridized carbons (Fsp3) is 0.0667. The molecule has 22 heavy (non-hydrogen) atoms. The number of hydrogen-bond donors (Lipinski definition) is 1. The van der Waals surface area contributed by atoms with Gasteiger partial charge in [0.2, 0.25) is 0 Å². The van der Waals surface area contributed by atoms with Crippen LogP contribution in [-0.4, -0.2) is 10.2 Å². The van der Waals surface area contributed by atoms with Gasteiger partial charge in [0.05, 0.1) is 0 Å². The van der Waals surface area contributed by atoms with Gasteiger partial charge in [-0.15, -0.1) is 0 Å². The lowest BCUT2D eigenvalue weighted by atomic mass is 10.2. The van der Waals surface area contributed by atoms with Gasteiger partial charge in [0.1, 0.15) is 11.6 Å². The van der Waals surface area contributed by atoms with Crippen LogP contribution in [-0.2, 0) is 5.75 Å². The summed E-state index contributed by atoms with van der Waals surface area (Å²) in [6, 6.07) is 12.3. The maximum atomic E-state index is 12.8. The second-order valence-electron chi connectivity index (χ2n) is 4.42. The summed E-state index contributed by atoms with van der Waals surface area (Å²) >= 11 is 1.35. The average molecular weight is 319 g/mol. The number of anilines is 2. The van der Waals surface area contributed by atoms with Gasteiger partial charge in [0, 0.05) is 11.4 Å². The number of hydrogen-bond acceptors (Lipinski definition) is 5. The molecule has 0 bridgehead atoms. The van der Waals surface area contributed by atoms with Crippen LogP contribution < -0.4 is 5.32 Å². The van der Waals surface area contributed by atoms with Gasteiger partial charge in [-0.2, -0.15) is 0 Å². The second-order valence-corrected chi connectivity index (χ2v) is 5.35. The highest BCUT2D eigenvalue weighted by molar-refractivity contribution is 7.98. The Labute approximate surface area is 129 Å². The normalized spacial score (nSPS) is 10.6. The maximum absolute atomic E-state index is 12.8.